The van der Waals surface area contributed by atoms with E-state index in [0.717, 1.165) is 37.3 Å². The summed E-state index contributed by atoms with van der Waals surface area (Å²) in [5.41, 5.74) is 8.64. The van der Waals surface area contributed by atoms with Crippen LogP contribution in [0.15, 0.2) is 30.5 Å². The van der Waals surface area contributed by atoms with E-state index in [-0.39, 0.29) is 11.0 Å². The number of anilines is 1. The standard InChI is InChI=1S/C19H22F2N6/c1-19(11-22)6-8-27(9-7-19)14-10-23-16-15(25-26-18(16)24-14)12-2-4-13(5-3-12)17(20)21/h2-5,10,17H,6-9,11,22H2,1H3,(H,24,25,26). The third-order valence-corrected chi connectivity index (χ3v) is 5.49. The van der Waals surface area contributed by atoms with E-state index >= 15 is 0 Å². The molecule has 2 aromatic heterocycles. The molecule has 4 rings (SSSR count). The number of aromatic amines is 1. The van der Waals surface area contributed by atoms with E-state index in [1.807, 2.05) is 0 Å². The molecule has 8 heteroatoms. The molecule has 0 aliphatic carbocycles. The number of H-pyrrole nitrogens is 1. The highest BCUT2D eigenvalue weighted by Crippen LogP contribution is 2.32. The van der Waals surface area contributed by atoms with Crippen LogP contribution in [0.3, 0.4) is 0 Å². The van der Waals surface area contributed by atoms with Crippen molar-refractivity contribution < 1.29 is 8.78 Å². The molecule has 1 aliphatic heterocycles. The Labute approximate surface area is 155 Å². The third kappa shape index (κ3) is 3.37. The van der Waals surface area contributed by atoms with Gasteiger partial charge in [-0.3, -0.25) is 5.10 Å². The fraction of sp³-hybridized carbons (Fsp3) is 0.421. The molecule has 0 amide bonds. The molecule has 1 aliphatic rings. The van der Waals surface area contributed by atoms with Crippen molar-refractivity contribution in [3.63, 3.8) is 0 Å². The molecule has 1 aromatic carbocycles. The summed E-state index contributed by atoms with van der Waals surface area (Å²) in [5.74, 6) is 0.799. The number of hydrogen-bond donors (Lipinski definition) is 2. The highest BCUT2D eigenvalue weighted by atomic mass is 19.3. The Morgan fingerprint density at radius 3 is 2.56 bits per heavy atom. The molecule has 1 fully saturated rings. The number of hydrogen-bond acceptors (Lipinski definition) is 5. The van der Waals surface area contributed by atoms with Crippen LogP contribution in [0.25, 0.3) is 22.4 Å². The SMILES string of the molecule is CC1(CN)CCN(c2cnc3c(-c4ccc(C(F)F)cc4)[nH]nc3n2)CC1. The van der Waals surface area contributed by atoms with Gasteiger partial charge in [0.05, 0.1) is 11.9 Å². The number of nitrogens with two attached hydrogens (primary N) is 1. The largest absolute Gasteiger partial charge is 0.355 e. The number of rotatable bonds is 4. The summed E-state index contributed by atoms with van der Waals surface area (Å²) in [6.07, 6.45) is 1.31. The topological polar surface area (TPSA) is 83.7 Å². The quantitative estimate of drug-likeness (QED) is 0.732. The van der Waals surface area contributed by atoms with Gasteiger partial charge in [0.15, 0.2) is 0 Å². The highest BCUT2D eigenvalue weighted by molar-refractivity contribution is 5.87. The molecule has 0 spiro atoms. The zero-order valence-corrected chi connectivity index (χ0v) is 15.1. The van der Waals surface area contributed by atoms with Crippen molar-refractivity contribution in [1.82, 2.24) is 20.2 Å². The Balaban J connectivity index is 1.59. The second kappa shape index (κ2) is 6.84. The zero-order valence-electron chi connectivity index (χ0n) is 15.1. The van der Waals surface area contributed by atoms with Gasteiger partial charge in [0.25, 0.3) is 6.43 Å². The molecule has 6 nitrogen and oxygen atoms in total. The van der Waals surface area contributed by atoms with Crippen molar-refractivity contribution in [2.75, 3.05) is 24.5 Å². The number of piperidine rings is 1. The van der Waals surface area contributed by atoms with E-state index in [9.17, 15) is 8.78 Å². The van der Waals surface area contributed by atoms with Crippen LogP contribution in [-0.4, -0.2) is 39.8 Å². The predicted octanol–water partition coefficient (Wildman–Crippen LogP) is 3.52. The Kier molecular flexibility index (Phi) is 4.51. The molecule has 27 heavy (non-hydrogen) atoms. The van der Waals surface area contributed by atoms with Gasteiger partial charge in [-0.1, -0.05) is 31.2 Å². The van der Waals surface area contributed by atoms with Gasteiger partial charge in [0.2, 0.25) is 5.65 Å². The number of halogens is 2. The average Bonchev–Trinajstić information content (AvgIpc) is 3.12. The molecular weight excluding hydrogens is 350 g/mol. The molecule has 3 heterocycles. The summed E-state index contributed by atoms with van der Waals surface area (Å²) in [4.78, 5) is 11.4. The van der Waals surface area contributed by atoms with E-state index in [1.165, 1.54) is 12.1 Å². The maximum atomic E-state index is 12.7. The first-order chi connectivity index (χ1) is 13.0. The van der Waals surface area contributed by atoms with Gasteiger partial charge in [0, 0.05) is 24.2 Å². The van der Waals surface area contributed by atoms with E-state index in [4.69, 9.17) is 5.73 Å². The maximum Gasteiger partial charge on any atom is 0.263 e. The fourth-order valence-electron chi connectivity index (χ4n) is 3.42. The van der Waals surface area contributed by atoms with Crippen molar-refractivity contribution in [2.45, 2.75) is 26.2 Å². The van der Waals surface area contributed by atoms with Crippen LogP contribution >= 0.6 is 0 Å². The number of aromatic nitrogens is 4. The summed E-state index contributed by atoms with van der Waals surface area (Å²) < 4.78 is 25.5. The van der Waals surface area contributed by atoms with E-state index in [2.05, 4.69) is 32.0 Å². The first kappa shape index (κ1) is 17.8. The summed E-state index contributed by atoms with van der Waals surface area (Å²) >= 11 is 0. The van der Waals surface area contributed by atoms with Gasteiger partial charge in [-0.25, -0.2) is 18.7 Å². The van der Waals surface area contributed by atoms with E-state index in [0.29, 0.717) is 23.4 Å². The summed E-state index contributed by atoms with van der Waals surface area (Å²) in [7, 11) is 0. The molecule has 0 saturated carbocycles. The van der Waals surface area contributed by atoms with Gasteiger partial charge in [-0.05, 0) is 24.8 Å². The Morgan fingerprint density at radius 1 is 1.22 bits per heavy atom. The van der Waals surface area contributed by atoms with Crippen molar-refractivity contribution in [1.29, 1.82) is 0 Å². The monoisotopic (exact) mass is 372 g/mol. The van der Waals surface area contributed by atoms with Crippen molar-refractivity contribution in [3.05, 3.63) is 36.0 Å². The van der Waals surface area contributed by atoms with Gasteiger partial charge in [-0.2, -0.15) is 5.10 Å². The van der Waals surface area contributed by atoms with Crippen molar-refractivity contribution >= 4 is 17.0 Å². The lowest BCUT2D eigenvalue weighted by Crippen LogP contribution is -2.42. The smallest absolute Gasteiger partial charge is 0.263 e. The van der Waals surface area contributed by atoms with Crippen LogP contribution in [0.4, 0.5) is 14.6 Å². The van der Waals surface area contributed by atoms with E-state index in [1.54, 1.807) is 18.3 Å². The molecule has 0 atom stereocenters. The lowest BCUT2D eigenvalue weighted by molar-refractivity contribution is 0.151. The fourth-order valence-corrected chi connectivity index (χ4v) is 3.42. The number of nitrogens with zero attached hydrogens (tertiary/aromatic N) is 4. The van der Waals surface area contributed by atoms with Crippen LogP contribution in [-0.2, 0) is 0 Å². The summed E-state index contributed by atoms with van der Waals surface area (Å²) in [5, 5.41) is 7.19. The van der Waals surface area contributed by atoms with Gasteiger partial charge in [-0.15, -0.1) is 0 Å². The first-order valence-corrected chi connectivity index (χ1v) is 9.04. The first-order valence-electron chi connectivity index (χ1n) is 9.04. The second-order valence-electron chi connectivity index (χ2n) is 7.42. The molecule has 3 aromatic rings. The summed E-state index contributed by atoms with van der Waals surface area (Å²) in [6.45, 7) is 4.69. The average molecular weight is 372 g/mol. The van der Waals surface area contributed by atoms with Crippen LogP contribution in [0.2, 0.25) is 0 Å². The van der Waals surface area contributed by atoms with Crippen molar-refractivity contribution in [3.8, 4) is 11.3 Å². The second-order valence-corrected chi connectivity index (χ2v) is 7.42. The lowest BCUT2D eigenvalue weighted by Gasteiger charge is -2.39. The Hall–Kier alpha value is -2.61. The molecule has 0 radical (unpaired) electrons. The number of alkyl halides is 2. The molecule has 0 unspecified atom stereocenters. The normalized spacial score (nSPS) is 17.0. The van der Waals surface area contributed by atoms with Gasteiger partial charge >= 0.3 is 0 Å². The van der Waals surface area contributed by atoms with Crippen LogP contribution in [0, 0.1) is 5.41 Å². The minimum absolute atomic E-state index is 0.00878. The predicted molar refractivity (Wildman–Crippen MR) is 101 cm³/mol. The molecule has 142 valence electrons. The summed E-state index contributed by atoms with van der Waals surface area (Å²) in [6, 6.07) is 6.11. The minimum Gasteiger partial charge on any atom is -0.355 e. The number of benzene rings is 1. The lowest BCUT2D eigenvalue weighted by atomic mass is 9.80. The maximum absolute atomic E-state index is 12.7. The molecule has 0 bridgehead atoms. The van der Waals surface area contributed by atoms with Crippen LogP contribution in [0.1, 0.15) is 31.8 Å². The van der Waals surface area contributed by atoms with Gasteiger partial charge < -0.3 is 10.6 Å². The zero-order chi connectivity index (χ0) is 19.0. The van der Waals surface area contributed by atoms with Crippen LogP contribution < -0.4 is 10.6 Å². The third-order valence-electron chi connectivity index (χ3n) is 5.49. The minimum atomic E-state index is -2.48. The number of nitrogens with one attached hydrogen (secondary N) is 1. The molecular formula is C19H22F2N6. The highest BCUT2D eigenvalue weighted by Gasteiger charge is 2.29. The van der Waals surface area contributed by atoms with Crippen molar-refractivity contribution in [2.24, 2.45) is 11.1 Å². The Morgan fingerprint density at radius 2 is 1.93 bits per heavy atom. The van der Waals surface area contributed by atoms with Gasteiger partial charge in [0.1, 0.15) is 11.3 Å². The molecule has 1 saturated heterocycles. The van der Waals surface area contributed by atoms with E-state index < -0.39 is 6.43 Å². The Bertz CT molecular complexity index is 929. The number of fused-ring (bicyclic) bond motifs is 1. The van der Waals surface area contributed by atoms with Crippen LogP contribution in [0.5, 0.6) is 0 Å². The molecule has 3 N–H and O–H groups in total.